The maximum atomic E-state index is 11.2. The van der Waals surface area contributed by atoms with Crippen LogP contribution in [0.2, 0.25) is 0 Å². The van der Waals surface area contributed by atoms with E-state index in [1.807, 2.05) is 0 Å². The van der Waals surface area contributed by atoms with Crippen LogP contribution < -0.4 is 14.2 Å². The Hall–Kier alpha value is -6.42. The van der Waals surface area contributed by atoms with E-state index in [9.17, 15) is 29.7 Å². The van der Waals surface area contributed by atoms with Crippen LogP contribution in [0.5, 0.6) is 17.2 Å². The number of aliphatic hydroxyl groups excluding tert-OH is 3. The molecule has 4 rings (SSSR count). The molecule has 0 aliphatic heterocycles. The number of hydrogen-bond acceptors (Lipinski definition) is 15. The van der Waals surface area contributed by atoms with E-state index in [0.717, 1.165) is 18.2 Å². The fraction of sp³-hybridized carbons (Fsp3) is 0.231. The van der Waals surface area contributed by atoms with Crippen molar-refractivity contribution in [2.24, 2.45) is 0 Å². The topological polar surface area (TPSA) is 206 Å². The third-order valence-corrected chi connectivity index (χ3v) is 7.05. The Bertz CT molecular complexity index is 1650. The van der Waals surface area contributed by atoms with Crippen molar-refractivity contribution in [1.82, 2.24) is 15.0 Å². The highest BCUT2D eigenvalue weighted by Crippen LogP contribution is 2.28. The Kier molecular flexibility index (Phi) is 15.4. The van der Waals surface area contributed by atoms with Gasteiger partial charge in [0.25, 0.3) is 0 Å². The van der Waals surface area contributed by atoms with Gasteiger partial charge >= 0.3 is 17.9 Å². The molecule has 3 atom stereocenters. The second-order valence-corrected chi connectivity index (χ2v) is 11.3. The average Bonchev–Trinajstić information content (AvgIpc) is 3.21. The van der Waals surface area contributed by atoms with Gasteiger partial charge in [-0.25, -0.2) is 29.3 Å². The summed E-state index contributed by atoms with van der Waals surface area (Å²) in [5.74, 6) is 0.413. The van der Waals surface area contributed by atoms with Crippen molar-refractivity contribution in [1.29, 1.82) is 0 Å². The predicted octanol–water partition coefficient (Wildman–Crippen LogP) is 3.28. The van der Waals surface area contributed by atoms with Gasteiger partial charge in [0.1, 0.15) is 75.2 Å². The van der Waals surface area contributed by atoms with E-state index < -0.39 is 36.2 Å². The first-order valence-corrected chi connectivity index (χ1v) is 16.4. The SMILES string of the molecule is C=CC(=O)OCC(O)COc1ccc(-c2nc(-c3ccc(OCC(O)COC(=O)C=C)cc3)nc(-c3ccc(OCC(O)COC(=O)C=C)cc3)n2)cc1. The molecule has 1 aromatic heterocycles. The van der Waals surface area contributed by atoms with E-state index in [2.05, 4.69) is 19.7 Å². The number of esters is 3. The zero-order valence-electron chi connectivity index (χ0n) is 29.1. The first kappa shape index (κ1) is 40.4. The minimum absolute atomic E-state index is 0.118. The second-order valence-electron chi connectivity index (χ2n) is 11.3. The molecule has 0 aliphatic carbocycles. The molecule has 0 bridgehead atoms. The summed E-state index contributed by atoms with van der Waals surface area (Å²) in [5.41, 5.74) is 1.89. The summed E-state index contributed by atoms with van der Waals surface area (Å²) in [5, 5.41) is 30.2. The fourth-order valence-corrected chi connectivity index (χ4v) is 4.30. The number of carbonyl (C=O) groups excluding carboxylic acids is 3. The number of carbonyl (C=O) groups is 3. The predicted molar refractivity (Wildman–Crippen MR) is 194 cm³/mol. The quantitative estimate of drug-likeness (QED) is 0.0637. The molecule has 282 valence electrons. The van der Waals surface area contributed by atoms with Gasteiger partial charge in [0.2, 0.25) is 0 Å². The summed E-state index contributed by atoms with van der Waals surface area (Å²) in [6, 6.07) is 20.5. The van der Waals surface area contributed by atoms with Crippen LogP contribution in [0.25, 0.3) is 34.2 Å². The zero-order valence-corrected chi connectivity index (χ0v) is 29.1. The molecule has 3 unspecified atom stereocenters. The van der Waals surface area contributed by atoms with Crippen LogP contribution in [0.1, 0.15) is 0 Å². The monoisotopic (exact) mass is 741 g/mol. The van der Waals surface area contributed by atoms with Crippen LogP contribution in [-0.4, -0.2) is 106 Å². The molecule has 1 heterocycles. The summed E-state index contributed by atoms with van der Waals surface area (Å²) >= 11 is 0. The van der Waals surface area contributed by atoms with Crippen molar-refractivity contribution in [3.8, 4) is 51.4 Å². The highest BCUT2D eigenvalue weighted by molar-refractivity contribution is 5.81. The molecule has 0 saturated carbocycles. The smallest absolute Gasteiger partial charge is 0.330 e. The van der Waals surface area contributed by atoms with Gasteiger partial charge in [-0.15, -0.1) is 0 Å². The Morgan fingerprint density at radius 1 is 0.463 bits per heavy atom. The Morgan fingerprint density at radius 3 is 0.926 bits per heavy atom. The summed E-state index contributed by atoms with van der Waals surface area (Å²) < 4.78 is 31.4. The molecule has 0 radical (unpaired) electrons. The van der Waals surface area contributed by atoms with Gasteiger partial charge in [0, 0.05) is 34.9 Å². The van der Waals surface area contributed by atoms with Crippen LogP contribution in [0.4, 0.5) is 0 Å². The standard InChI is InChI=1S/C39H39N3O12/c1-4-34(46)52-22-28(43)19-49-31-13-7-25(8-14-31)37-40-38(26-9-15-32(16-10-26)50-20-29(44)23-53-35(47)5-2)42-39(41-37)27-11-17-33(18-12-27)51-21-30(45)24-54-36(48)6-3/h4-18,28-30,43-45H,1-3,19-24H2. The van der Waals surface area contributed by atoms with Crippen molar-refractivity contribution in [2.75, 3.05) is 39.6 Å². The second kappa shape index (κ2) is 20.6. The van der Waals surface area contributed by atoms with Gasteiger partial charge in [-0.1, -0.05) is 19.7 Å². The Balaban J connectivity index is 1.52. The normalized spacial score (nSPS) is 12.3. The molecule has 4 aromatic rings. The molecule has 3 aromatic carbocycles. The molecule has 15 heteroatoms. The first-order valence-electron chi connectivity index (χ1n) is 16.4. The van der Waals surface area contributed by atoms with E-state index in [1.165, 1.54) is 0 Å². The molecular weight excluding hydrogens is 702 g/mol. The number of nitrogens with zero attached hydrogens (tertiary/aromatic N) is 3. The molecule has 0 spiro atoms. The average molecular weight is 742 g/mol. The number of rotatable bonds is 21. The number of aromatic nitrogens is 3. The number of benzene rings is 3. The first-order chi connectivity index (χ1) is 26.1. The molecule has 0 aliphatic rings. The minimum Gasteiger partial charge on any atom is -0.491 e. The minimum atomic E-state index is -1.05. The lowest BCUT2D eigenvalue weighted by Gasteiger charge is -2.14. The summed E-state index contributed by atoms with van der Waals surface area (Å²) in [7, 11) is 0. The third-order valence-electron chi connectivity index (χ3n) is 7.05. The maximum Gasteiger partial charge on any atom is 0.330 e. The van der Waals surface area contributed by atoms with Crippen LogP contribution in [-0.2, 0) is 28.6 Å². The zero-order chi connectivity index (χ0) is 38.9. The summed E-state index contributed by atoms with van der Waals surface area (Å²) in [4.78, 5) is 47.9. The van der Waals surface area contributed by atoms with Gasteiger partial charge in [-0.05, 0) is 72.8 Å². The molecule has 0 fully saturated rings. The third kappa shape index (κ3) is 13.0. The van der Waals surface area contributed by atoms with Crippen LogP contribution in [0, 0.1) is 0 Å². The maximum absolute atomic E-state index is 11.2. The lowest BCUT2D eigenvalue weighted by Crippen LogP contribution is -2.24. The van der Waals surface area contributed by atoms with Gasteiger partial charge in [0.15, 0.2) is 17.5 Å². The van der Waals surface area contributed by atoms with E-state index in [4.69, 9.17) is 43.4 Å². The molecule has 0 saturated heterocycles. The van der Waals surface area contributed by atoms with Crippen molar-refractivity contribution >= 4 is 17.9 Å². The lowest BCUT2D eigenvalue weighted by molar-refractivity contribution is -0.142. The van der Waals surface area contributed by atoms with Crippen molar-refractivity contribution in [3.05, 3.63) is 111 Å². The van der Waals surface area contributed by atoms with Crippen molar-refractivity contribution in [2.45, 2.75) is 18.3 Å². The number of aliphatic hydroxyl groups is 3. The molecule has 3 N–H and O–H groups in total. The summed E-state index contributed by atoms with van der Waals surface area (Å²) in [6.45, 7) is 8.84. The van der Waals surface area contributed by atoms with E-state index in [-0.39, 0.29) is 39.6 Å². The van der Waals surface area contributed by atoms with Crippen molar-refractivity contribution in [3.63, 3.8) is 0 Å². The number of ether oxygens (including phenoxy) is 6. The summed E-state index contributed by atoms with van der Waals surface area (Å²) in [6.07, 6.45) is -0.130. The Morgan fingerprint density at radius 2 is 0.704 bits per heavy atom. The van der Waals surface area contributed by atoms with Gasteiger partial charge in [-0.3, -0.25) is 0 Å². The van der Waals surface area contributed by atoms with Gasteiger partial charge in [-0.2, -0.15) is 0 Å². The molecule has 54 heavy (non-hydrogen) atoms. The number of hydrogen-bond donors (Lipinski definition) is 3. The van der Waals surface area contributed by atoms with Crippen molar-refractivity contribution < 1.29 is 58.1 Å². The van der Waals surface area contributed by atoms with Crippen LogP contribution >= 0.6 is 0 Å². The van der Waals surface area contributed by atoms with Crippen LogP contribution in [0.3, 0.4) is 0 Å². The van der Waals surface area contributed by atoms with Gasteiger partial charge < -0.3 is 43.7 Å². The molecular formula is C39H39N3O12. The fourth-order valence-electron chi connectivity index (χ4n) is 4.30. The van der Waals surface area contributed by atoms with Gasteiger partial charge in [0.05, 0.1) is 0 Å². The Labute approximate surface area is 310 Å². The van der Waals surface area contributed by atoms with E-state index >= 15 is 0 Å². The van der Waals surface area contributed by atoms with Crippen LogP contribution in [0.15, 0.2) is 111 Å². The van der Waals surface area contributed by atoms with E-state index in [1.54, 1.807) is 72.8 Å². The molecule has 0 amide bonds. The molecule has 15 nitrogen and oxygen atoms in total. The van der Waals surface area contributed by atoms with E-state index in [0.29, 0.717) is 51.4 Å². The largest absolute Gasteiger partial charge is 0.491 e. The lowest BCUT2D eigenvalue weighted by atomic mass is 10.1. The highest BCUT2D eigenvalue weighted by Gasteiger charge is 2.15. The highest BCUT2D eigenvalue weighted by atomic mass is 16.6.